The largest absolute Gasteiger partial charge is 0.490 e. The average Bonchev–Trinajstić information content (AvgIpc) is 2.37. The zero-order chi connectivity index (χ0) is 12.1. The lowest BCUT2D eigenvalue weighted by atomic mass is 10.3. The second-order valence-corrected chi connectivity index (χ2v) is 3.61. The number of hydrogen-bond donors (Lipinski definition) is 1. The summed E-state index contributed by atoms with van der Waals surface area (Å²) in [6.07, 6.45) is 4.86. The molecule has 0 radical (unpaired) electrons. The molecular formula is C11H11ClN4O. The van der Waals surface area contributed by atoms with Crippen molar-refractivity contribution in [2.24, 2.45) is 0 Å². The van der Waals surface area contributed by atoms with Gasteiger partial charge in [0, 0.05) is 18.9 Å². The lowest BCUT2D eigenvalue weighted by Crippen LogP contribution is -2.04. The van der Waals surface area contributed by atoms with E-state index in [0.29, 0.717) is 23.3 Å². The van der Waals surface area contributed by atoms with Gasteiger partial charge in [0.15, 0.2) is 16.7 Å². The van der Waals surface area contributed by atoms with E-state index in [-0.39, 0.29) is 0 Å². The molecule has 1 N–H and O–H groups in total. The molecule has 6 heteroatoms. The Morgan fingerprint density at radius 2 is 2.06 bits per heavy atom. The molecule has 88 valence electrons. The molecule has 0 aliphatic carbocycles. The first-order chi connectivity index (χ1) is 8.31. The van der Waals surface area contributed by atoms with Crippen LogP contribution in [0.25, 0.3) is 0 Å². The average molecular weight is 251 g/mol. The van der Waals surface area contributed by atoms with Crippen LogP contribution in [0.4, 0.5) is 5.82 Å². The number of aromatic nitrogens is 3. The van der Waals surface area contributed by atoms with Crippen LogP contribution in [0.3, 0.4) is 0 Å². The predicted octanol–water partition coefficient (Wildman–Crippen LogP) is 2.15. The number of pyridine rings is 1. The lowest BCUT2D eigenvalue weighted by molar-refractivity contribution is 0.413. The van der Waals surface area contributed by atoms with Crippen molar-refractivity contribution < 1.29 is 4.74 Å². The summed E-state index contributed by atoms with van der Waals surface area (Å²) in [5.74, 6) is 1.02. The van der Waals surface area contributed by atoms with Crippen LogP contribution in [0, 0.1) is 0 Å². The highest BCUT2D eigenvalue weighted by Crippen LogP contribution is 2.28. The molecule has 5 nitrogen and oxygen atoms in total. The van der Waals surface area contributed by atoms with Crippen molar-refractivity contribution in [2.45, 2.75) is 6.54 Å². The standard InChI is InChI=1S/C11H11ClN4O/c1-17-9-10(12)15-7-16-11(9)14-6-8-2-4-13-5-3-8/h2-5,7H,6H2,1H3,(H,14,15,16). The van der Waals surface area contributed by atoms with Crippen LogP contribution in [0.1, 0.15) is 5.56 Å². The molecule has 2 rings (SSSR count). The van der Waals surface area contributed by atoms with Crippen molar-refractivity contribution >= 4 is 17.4 Å². The quantitative estimate of drug-likeness (QED) is 0.843. The smallest absolute Gasteiger partial charge is 0.198 e. The monoisotopic (exact) mass is 250 g/mol. The summed E-state index contributed by atoms with van der Waals surface area (Å²) in [6.45, 7) is 0.617. The molecule has 0 saturated heterocycles. The first-order valence-electron chi connectivity index (χ1n) is 4.98. The van der Waals surface area contributed by atoms with Crippen molar-refractivity contribution in [1.82, 2.24) is 15.0 Å². The van der Waals surface area contributed by atoms with Gasteiger partial charge in [0.25, 0.3) is 0 Å². The zero-order valence-corrected chi connectivity index (χ0v) is 9.98. The van der Waals surface area contributed by atoms with E-state index in [1.807, 2.05) is 12.1 Å². The summed E-state index contributed by atoms with van der Waals surface area (Å²) in [5, 5.41) is 3.42. The Morgan fingerprint density at radius 1 is 1.29 bits per heavy atom. The number of hydrogen-bond acceptors (Lipinski definition) is 5. The van der Waals surface area contributed by atoms with E-state index in [1.165, 1.54) is 13.4 Å². The Balaban J connectivity index is 2.12. The van der Waals surface area contributed by atoms with Gasteiger partial charge in [-0.25, -0.2) is 9.97 Å². The number of nitrogens with zero attached hydrogens (tertiary/aromatic N) is 3. The molecule has 0 saturated carbocycles. The van der Waals surface area contributed by atoms with Crippen LogP contribution in [-0.4, -0.2) is 22.1 Å². The minimum absolute atomic E-state index is 0.291. The maximum absolute atomic E-state index is 5.89. The van der Waals surface area contributed by atoms with Gasteiger partial charge >= 0.3 is 0 Å². The third-order valence-electron chi connectivity index (χ3n) is 2.17. The van der Waals surface area contributed by atoms with Gasteiger partial charge in [0.05, 0.1) is 7.11 Å². The highest BCUT2D eigenvalue weighted by atomic mass is 35.5. The van der Waals surface area contributed by atoms with Gasteiger partial charge in [-0.05, 0) is 17.7 Å². The third kappa shape index (κ3) is 2.82. The molecule has 0 atom stereocenters. The molecule has 0 spiro atoms. The van der Waals surface area contributed by atoms with Crippen LogP contribution < -0.4 is 10.1 Å². The molecule has 0 amide bonds. The van der Waals surface area contributed by atoms with E-state index < -0.39 is 0 Å². The molecule has 0 aliphatic heterocycles. The van der Waals surface area contributed by atoms with Crippen molar-refractivity contribution in [1.29, 1.82) is 0 Å². The third-order valence-corrected chi connectivity index (χ3v) is 2.44. The molecule has 17 heavy (non-hydrogen) atoms. The molecule has 2 aromatic rings. The van der Waals surface area contributed by atoms with E-state index >= 15 is 0 Å². The van der Waals surface area contributed by atoms with Gasteiger partial charge in [0.2, 0.25) is 0 Å². The predicted molar refractivity (Wildman–Crippen MR) is 65.2 cm³/mol. The summed E-state index contributed by atoms with van der Waals surface area (Å²) >= 11 is 5.89. The Labute approximate surface area is 104 Å². The summed E-state index contributed by atoms with van der Waals surface area (Å²) < 4.78 is 5.13. The molecule has 0 aromatic carbocycles. The molecule has 2 heterocycles. The van der Waals surface area contributed by atoms with Gasteiger partial charge in [-0.3, -0.25) is 4.98 Å². The van der Waals surface area contributed by atoms with Crippen LogP contribution >= 0.6 is 11.6 Å². The summed E-state index contributed by atoms with van der Waals surface area (Å²) in [6, 6.07) is 3.84. The van der Waals surface area contributed by atoms with Gasteiger partial charge in [0.1, 0.15) is 6.33 Å². The summed E-state index contributed by atoms with van der Waals surface area (Å²) in [7, 11) is 1.53. The molecule has 0 aliphatic rings. The van der Waals surface area contributed by atoms with E-state index in [9.17, 15) is 0 Å². The summed E-state index contributed by atoms with van der Waals surface area (Å²) in [4.78, 5) is 11.9. The molecule has 0 bridgehead atoms. The Kier molecular flexibility index (Phi) is 3.72. The van der Waals surface area contributed by atoms with Crippen LogP contribution in [0.2, 0.25) is 5.15 Å². The lowest BCUT2D eigenvalue weighted by Gasteiger charge is -2.10. The highest BCUT2D eigenvalue weighted by molar-refractivity contribution is 6.31. The van der Waals surface area contributed by atoms with Crippen molar-refractivity contribution in [2.75, 3.05) is 12.4 Å². The van der Waals surface area contributed by atoms with Crippen molar-refractivity contribution in [3.8, 4) is 5.75 Å². The van der Waals surface area contributed by atoms with Crippen molar-refractivity contribution in [3.63, 3.8) is 0 Å². The second kappa shape index (κ2) is 5.45. The van der Waals surface area contributed by atoms with Gasteiger partial charge in [-0.2, -0.15) is 0 Å². The molecule has 2 aromatic heterocycles. The fourth-order valence-electron chi connectivity index (χ4n) is 1.35. The van der Waals surface area contributed by atoms with E-state index in [2.05, 4.69) is 20.3 Å². The number of methoxy groups -OCH3 is 1. The highest BCUT2D eigenvalue weighted by Gasteiger charge is 2.09. The van der Waals surface area contributed by atoms with Crippen molar-refractivity contribution in [3.05, 3.63) is 41.6 Å². The maximum Gasteiger partial charge on any atom is 0.198 e. The SMILES string of the molecule is COc1c(Cl)ncnc1NCc1ccncc1. The van der Waals surface area contributed by atoms with Gasteiger partial charge < -0.3 is 10.1 Å². The topological polar surface area (TPSA) is 59.9 Å². The molecular weight excluding hydrogens is 240 g/mol. The fourth-order valence-corrected chi connectivity index (χ4v) is 1.56. The van der Waals surface area contributed by atoms with Gasteiger partial charge in [-0.1, -0.05) is 11.6 Å². The van der Waals surface area contributed by atoms with Crippen LogP contribution in [-0.2, 0) is 6.54 Å². The fraction of sp³-hybridized carbons (Fsp3) is 0.182. The normalized spacial score (nSPS) is 10.0. The maximum atomic E-state index is 5.89. The Hall–Kier alpha value is -1.88. The zero-order valence-electron chi connectivity index (χ0n) is 9.22. The van der Waals surface area contributed by atoms with Crippen LogP contribution in [0.15, 0.2) is 30.9 Å². The number of ether oxygens (including phenoxy) is 1. The summed E-state index contributed by atoms with van der Waals surface area (Å²) in [5.41, 5.74) is 1.09. The number of halogens is 1. The first-order valence-corrected chi connectivity index (χ1v) is 5.36. The Bertz CT molecular complexity index is 492. The number of anilines is 1. The Morgan fingerprint density at radius 3 is 2.76 bits per heavy atom. The first kappa shape index (κ1) is 11.6. The second-order valence-electron chi connectivity index (χ2n) is 3.26. The minimum atomic E-state index is 0.291. The number of rotatable bonds is 4. The van der Waals surface area contributed by atoms with Crippen LogP contribution in [0.5, 0.6) is 5.75 Å². The van der Waals surface area contributed by atoms with E-state index in [4.69, 9.17) is 16.3 Å². The van der Waals surface area contributed by atoms with E-state index in [0.717, 1.165) is 5.56 Å². The molecule has 0 fully saturated rings. The molecule has 0 unspecified atom stereocenters. The number of nitrogens with one attached hydrogen (secondary N) is 1. The van der Waals surface area contributed by atoms with E-state index in [1.54, 1.807) is 12.4 Å². The minimum Gasteiger partial charge on any atom is -0.490 e. The van der Waals surface area contributed by atoms with Gasteiger partial charge in [-0.15, -0.1) is 0 Å².